The number of nitrogens with zero attached hydrogens (tertiary/aromatic N) is 1. The molecule has 1 aliphatic rings. The number of carbonyl (C=O) groups excluding carboxylic acids is 1. The van der Waals surface area contributed by atoms with Crippen molar-refractivity contribution in [1.29, 1.82) is 0 Å². The number of carboxylic acid groups (broad SMARTS) is 1. The van der Waals surface area contributed by atoms with E-state index < -0.39 is 21.9 Å². The summed E-state index contributed by atoms with van der Waals surface area (Å²) in [5, 5.41) is 9.31. The van der Waals surface area contributed by atoms with Crippen LogP contribution in [0.5, 0.6) is 11.5 Å². The van der Waals surface area contributed by atoms with E-state index in [1.54, 1.807) is 6.07 Å². The molecule has 9 heteroatoms. The maximum absolute atomic E-state index is 11.6. The van der Waals surface area contributed by atoms with E-state index in [4.69, 9.17) is 9.47 Å². The van der Waals surface area contributed by atoms with Gasteiger partial charge in [0.1, 0.15) is 18.1 Å². The number of rotatable bonds is 6. The van der Waals surface area contributed by atoms with Crippen molar-refractivity contribution in [3.8, 4) is 11.5 Å². The summed E-state index contributed by atoms with van der Waals surface area (Å²) in [4.78, 5) is 24.6. The van der Waals surface area contributed by atoms with E-state index in [1.807, 2.05) is 0 Å². The molecule has 1 fully saturated rings. The Balaban J connectivity index is 1.85. The largest absolute Gasteiger partial charge is 0.478 e. The molecular weight excluding hydrogens is 374 g/mol. The van der Waals surface area contributed by atoms with E-state index in [0.717, 1.165) is 6.26 Å². The van der Waals surface area contributed by atoms with E-state index in [-0.39, 0.29) is 22.8 Å². The molecule has 0 saturated carbocycles. The summed E-state index contributed by atoms with van der Waals surface area (Å²) in [6.07, 6.45) is 0.657. The third kappa shape index (κ3) is 4.56. The maximum atomic E-state index is 11.6. The Morgan fingerprint density at radius 1 is 1.19 bits per heavy atom. The van der Waals surface area contributed by atoms with Crippen molar-refractivity contribution in [3.63, 3.8) is 0 Å². The standard InChI is InChI=1S/C18H17NO7S/c1-27(23,24)16-4-2-14(3-5-16)26-15-9-12(8-13(10-15)17(20)21)11-19-6-7-25-18(19)22/h2-5,8-10H,6-7,11H2,1H3,(H,20,21). The second-order valence-electron chi connectivity index (χ2n) is 6.05. The van der Waals surface area contributed by atoms with Crippen molar-refractivity contribution in [2.24, 2.45) is 0 Å². The Bertz CT molecular complexity index is 983. The molecule has 1 N–H and O–H groups in total. The van der Waals surface area contributed by atoms with E-state index in [1.165, 1.54) is 41.3 Å². The molecule has 1 heterocycles. The summed E-state index contributed by atoms with van der Waals surface area (Å²) >= 11 is 0. The monoisotopic (exact) mass is 391 g/mol. The second-order valence-corrected chi connectivity index (χ2v) is 8.07. The van der Waals surface area contributed by atoms with Gasteiger partial charge in [0.25, 0.3) is 0 Å². The zero-order valence-electron chi connectivity index (χ0n) is 14.4. The number of carbonyl (C=O) groups is 2. The van der Waals surface area contributed by atoms with Crippen LogP contribution in [0.15, 0.2) is 47.4 Å². The number of hydrogen-bond acceptors (Lipinski definition) is 6. The molecule has 0 aromatic heterocycles. The van der Waals surface area contributed by atoms with Gasteiger partial charge < -0.3 is 19.5 Å². The number of benzene rings is 2. The predicted molar refractivity (Wildman–Crippen MR) is 94.8 cm³/mol. The fraction of sp³-hybridized carbons (Fsp3) is 0.222. The number of carboxylic acids is 1. The highest BCUT2D eigenvalue weighted by molar-refractivity contribution is 7.90. The Morgan fingerprint density at radius 3 is 2.44 bits per heavy atom. The van der Waals surface area contributed by atoms with Crippen LogP contribution in [0.2, 0.25) is 0 Å². The zero-order valence-corrected chi connectivity index (χ0v) is 15.2. The third-order valence-electron chi connectivity index (χ3n) is 3.92. The highest BCUT2D eigenvalue weighted by Crippen LogP contribution is 2.26. The van der Waals surface area contributed by atoms with E-state index >= 15 is 0 Å². The Labute approximate surface area is 155 Å². The average molecular weight is 391 g/mol. The van der Waals surface area contributed by atoms with Gasteiger partial charge in [-0.3, -0.25) is 0 Å². The van der Waals surface area contributed by atoms with Crippen LogP contribution < -0.4 is 4.74 Å². The zero-order chi connectivity index (χ0) is 19.6. The van der Waals surface area contributed by atoms with Crippen molar-refractivity contribution >= 4 is 21.9 Å². The number of hydrogen-bond donors (Lipinski definition) is 1. The quantitative estimate of drug-likeness (QED) is 0.805. The first-order valence-corrected chi connectivity index (χ1v) is 9.88. The van der Waals surface area contributed by atoms with Gasteiger partial charge in [0.2, 0.25) is 0 Å². The molecular formula is C18H17NO7S. The maximum Gasteiger partial charge on any atom is 0.410 e. The molecule has 1 amide bonds. The lowest BCUT2D eigenvalue weighted by atomic mass is 10.1. The molecule has 1 aliphatic heterocycles. The first-order valence-electron chi connectivity index (χ1n) is 7.99. The molecule has 0 aliphatic carbocycles. The van der Waals surface area contributed by atoms with Crippen LogP contribution in [0.4, 0.5) is 4.79 Å². The number of ether oxygens (including phenoxy) is 2. The predicted octanol–water partition coefficient (Wildman–Crippen LogP) is 2.53. The SMILES string of the molecule is CS(=O)(=O)c1ccc(Oc2cc(CN3CCOC3=O)cc(C(=O)O)c2)cc1. The number of sulfone groups is 1. The highest BCUT2D eigenvalue weighted by atomic mass is 32.2. The summed E-state index contributed by atoms with van der Waals surface area (Å²) in [7, 11) is -3.32. The van der Waals surface area contributed by atoms with Gasteiger partial charge in [-0.05, 0) is 48.0 Å². The molecule has 0 radical (unpaired) electrons. The van der Waals surface area contributed by atoms with Gasteiger partial charge in [-0.25, -0.2) is 18.0 Å². The van der Waals surface area contributed by atoms with Crippen LogP contribution in [-0.2, 0) is 21.1 Å². The van der Waals surface area contributed by atoms with Crippen molar-refractivity contribution in [2.75, 3.05) is 19.4 Å². The molecule has 0 unspecified atom stereocenters. The molecule has 2 aromatic rings. The van der Waals surface area contributed by atoms with Crippen molar-refractivity contribution in [2.45, 2.75) is 11.4 Å². The van der Waals surface area contributed by atoms with E-state index in [9.17, 15) is 23.1 Å². The van der Waals surface area contributed by atoms with Crippen LogP contribution in [0.25, 0.3) is 0 Å². The molecule has 3 rings (SSSR count). The minimum Gasteiger partial charge on any atom is -0.478 e. The van der Waals surface area contributed by atoms with E-state index in [0.29, 0.717) is 24.5 Å². The Kier molecular flexibility index (Phi) is 5.04. The van der Waals surface area contributed by atoms with Crippen LogP contribution in [0, 0.1) is 0 Å². The fourth-order valence-electron chi connectivity index (χ4n) is 2.62. The minimum absolute atomic E-state index is 0.0165. The smallest absolute Gasteiger partial charge is 0.410 e. The molecule has 0 bridgehead atoms. The number of aromatic carboxylic acids is 1. The van der Waals surface area contributed by atoms with Gasteiger partial charge in [0, 0.05) is 12.8 Å². The summed E-state index contributed by atoms with van der Waals surface area (Å²) in [5.74, 6) is -0.501. The van der Waals surface area contributed by atoms with Gasteiger partial charge in [0.15, 0.2) is 9.84 Å². The highest BCUT2D eigenvalue weighted by Gasteiger charge is 2.22. The van der Waals surface area contributed by atoms with Crippen molar-refractivity contribution in [3.05, 3.63) is 53.6 Å². The molecule has 27 heavy (non-hydrogen) atoms. The Hall–Kier alpha value is -3.07. The third-order valence-corrected chi connectivity index (χ3v) is 5.05. The van der Waals surface area contributed by atoms with Crippen LogP contribution in [0.1, 0.15) is 15.9 Å². The van der Waals surface area contributed by atoms with E-state index in [2.05, 4.69) is 0 Å². The summed E-state index contributed by atoms with van der Waals surface area (Å²) < 4.78 is 33.6. The molecule has 8 nitrogen and oxygen atoms in total. The van der Waals surface area contributed by atoms with Crippen molar-refractivity contribution in [1.82, 2.24) is 4.90 Å². The molecule has 0 spiro atoms. The van der Waals surface area contributed by atoms with Gasteiger partial charge in [0.05, 0.1) is 17.0 Å². The van der Waals surface area contributed by atoms with Crippen LogP contribution >= 0.6 is 0 Å². The minimum atomic E-state index is -3.32. The lowest BCUT2D eigenvalue weighted by Crippen LogP contribution is -2.23. The fourth-order valence-corrected chi connectivity index (χ4v) is 3.25. The van der Waals surface area contributed by atoms with Gasteiger partial charge in [-0.2, -0.15) is 0 Å². The number of amides is 1. The first-order chi connectivity index (χ1) is 12.7. The molecule has 1 saturated heterocycles. The summed E-state index contributed by atoms with van der Waals surface area (Å²) in [6, 6.07) is 10.2. The van der Waals surface area contributed by atoms with Crippen LogP contribution in [0.3, 0.4) is 0 Å². The lowest BCUT2D eigenvalue weighted by Gasteiger charge is -2.14. The van der Waals surface area contributed by atoms with Gasteiger partial charge in [-0.15, -0.1) is 0 Å². The molecule has 142 valence electrons. The summed E-state index contributed by atoms with van der Waals surface area (Å²) in [5.41, 5.74) is 0.597. The molecule has 2 aromatic carbocycles. The topological polar surface area (TPSA) is 110 Å². The van der Waals surface area contributed by atoms with Gasteiger partial charge in [-0.1, -0.05) is 0 Å². The van der Waals surface area contributed by atoms with Crippen LogP contribution in [-0.4, -0.2) is 49.9 Å². The Morgan fingerprint density at radius 2 is 1.89 bits per heavy atom. The van der Waals surface area contributed by atoms with Gasteiger partial charge >= 0.3 is 12.1 Å². The summed E-state index contributed by atoms with van der Waals surface area (Å²) in [6.45, 7) is 0.927. The molecule has 0 atom stereocenters. The van der Waals surface area contributed by atoms with Crippen molar-refractivity contribution < 1.29 is 32.6 Å². The normalized spacial score (nSPS) is 14.1. The first kappa shape index (κ1) is 18.7. The average Bonchev–Trinajstić information content (AvgIpc) is 2.99. The number of cyclic esters (lactones) is 1. The second kappa shape index (κ2) is 7.28. The lowest BCUT2D eigenvalue weighted by molar-refractivity contribution is 0.0696.